The highest BCUT2D eigenvalue weighted by Crippen LogP contribution is 2.28. The molecule has 1 aliphatic rings. The third-order valence-corrected chi connectivity index (χ3v) is 4.52. The van der Waals surface area contributed by atoms with Crippen LogP contribution < -0.4 is 11.1 Å². The zero-order valence-corrected chi connectivity index (χ0v) is 13.0. The number of rotatable bonds is 4. The quantitative estimate of drug-likeness (QED) is 0.877. The highest BCUT2D eigenvalue weighted by atomic mass is 79.9. The van der Waals surface area contributed by atoms with E-state index in [2.05, 4.69) is 21.2 Å². The van der Waals surface area contributed by atoms with Gasteiger partial charge in [0, 0.05) is 15.5 Å². The van der Waals surface area contributed by atoms with Gasteiger partial charge in [0.25, 0.3) is 0 Å². The van der Waals surface area contributed by atoms with Gasteiger partial charge in [0.2, 0.25) is 5.91 Å². The first-order chi connectivity index (χ1) is 9.08. The molecule has 1 aromatic rings. The zero-order chi connectivity index (χ0) is 13.8. The number of primary amides is 1. The highest BCUT2D eigenvalue weighted by molar-refractivity contribution is 9.10. The Bertz CT molecular complexity index is 461. The van der Waals surface area contributed by atoms with Crippen molar-refractivity contribution in [3.8, 4) is 0 Å². The summed E-state index contributed by atoms with van der Waals surface area (Å²) >= 11 is 9.47. The van der Waals surface area contributed by atoms with E-state index in [1.54, 1.807) is 12.1 Å². The summed E-state index contributed by atoms with van der Waals surface area (Å²) in [5.41, 5.74) is 6.35. The van der Waals surface area contributed by atoms with E-state index in [0.29, 0.717) is 11.1 Å². The van der Waals surface area contributed by atoms with Crippen molar-refractivity contribution in [2.75, 3.05) is 0 Å². The van der Waals surface area contributed by atoms with Crippen LogP contribution in [0.1, 0.15) is 43.7 Å². The highest BCUT2D eigenvalue weighted by Gasteiger charge is 2.24. The van der Waals surface area contributed by atoms with Gasteiger partial charge in [-0.3, -0.25) is 10.1 Å². The summed E-state index contributed by atoms with van der Waals surface area (Å²) in [4.78, 5) is 11.7. The van der Waals surface area contributed by atoms with Gasteiger partial charge in [-0.05, 0) is 36.6 Å². The smallest absolute Gasteiger partial charge is 0.239 e. The lowest BCUT2D eigenvalue weighted by Gasteiger charge is -2.27. The largest absolute Gasteiger partial charge is 0.368 e. The summed E-state index contributed by atoms with van der Waals surface area (Å²) in [5, 5.41) is 3.98. The average molecular weight is 346 g/mol. The fraction of sp³-hybridized carbons (Fsp3) is 0.500. The second kappa shape index (κ2) is 6.73. The van der Waals surface area contributed by atoms with Crippen LogP contribution in [0.4, 0.5) is 0 Å². The van der Waals surface area contributed by atoms with Crippen molar-refractivity contribution in [1.82, 2.24) is 5.32 Å². The molecule has 0 radical (unpaired) electrons. The molecule has 0 bridgehead atoms. The normalized spacial score (nSPS) is 18.2. The summed E-state index contributed by atoms with van der Waals surface area (Å²) in [6.07, 6.45) is 5.89. The van der Waals surface area contributed by atoms with Crippen molar-refractivity contribution >= 4 is 33.4 Å². The maximum absolute atomic E-state index is 11.7. The average Bonchev–Trinajstić information content (AvgIpc) is 2.40. The van der Waals surface area contributed by atoms with Gasteiger partial charge in [0.1, 0.15) is 6.04 Å². The molecule has 0 spiro atoms. The molecule has 1 fully saturated rings. The molecular weight excluding hydrogens is 328 g/mol. The van der Waals surface area contributed by atoms with Gasteiger partial charge in [-0.2, -0.15) is 0 Å². The van der Waals surface area contributed by atoms with Gasteiger partial charge >= 0.3 is 0 Å². The van der Waals surface area contributed by atoms with Crippen LogP contribution in [0.5, 0.6) is 0 Å². The molecular formula is C14H18BrClN2O. The third-order valence-electron chi connectivity index (χ3n) is 3.56. The van der Waals surface area contributed by atoms with Gasteiger partial charge in [0.05, 0.1) is 0 Å². The van der Waals surface area contributed by atoms with Gasteiger partial charge < -0.3 is 5.73 Å². The number of nitrogens with one attached hydrogen (secondary N) is 1. The SMILES string of the molecule is NC(=O)C(NC1CCCCC1)c1cc(Cl)ccc1Br. The molecule has 0 heterocycles. The van der Waals surface area contributed by atoms with E-state index in [1.165, 1.54) is 19.3 Å². The lowest BCUT2D eigenvalue weighted by molar-refractivity contribution is -0.120. The summed E-state index contributed by atoms with van der Waals surface area (Å²) in [6, 6.07) is 5.29. The number of hydrogen-bond acceptors (Lipinski definition) is 2. The molecule has 104 valence electrons. The predicted molar refractivity (Wildman–Crippen MR) is 81.1 cm³/mol. The van der Waals surface area contributed by atoms with E-state index in [4.69, 9.17) is 17.3 Å². The summed E-state index contributed by atoms with van der Waals surface area (Å²) < 4.78 is 0.851. The molecule has 19 heavy (non-hydrogen) atoms. The molecule has 1 atom stereocenters. The summed E-state index contributed by atoms with van der Waals surface area (Å²) in [7, 11) is 0. The molecule has 1 unspecified atom stereocenters. The Kier molecular flexibility index (Phi) is 5.25. The van der Waals surface area contributed by atoms with Crippen molar-refractivity contribution in [3.05, 3.63) is 33.3 Å². The second-order valence-electron chi connectivity index (χ2n) is 5.00. The van der Waals surface area contributed by atoms with E-state index in [-0.39, 0.29) is 5.91 Å². The van der Waals surface area contributed by atoms with Crippen LogP contribution in [0.2, 0.25) is 5.02 Å². The maximum Gasteiger partial charge on any atom is 0.239 e. The lowest BCUT2D eigenvalue weighted by atomic mass is 9.94. The van der Waals surface area contributed by atoms with Crippen molar-refractivity contribution in [3.63, 3.8) is 0 Å². The Hall–Kier alpha value is -0.580. The first-order valence-electron chi connectivity index (χ1n) is 6.58. The fourth-order valence-corrected chi connectivity index (χ4v) is 3.22. The molecule has 5 heteroatoms. The van der Waals surface area contributed by atoms with E-state index in [1.807, 2.05) is 6.07 Å². The molecule has 3 N–H and O–H groups in total. The minimum Gasteiger partial charge on any atom is -0.368 e. The number of amides is 1. The zero-order valence-electron chi connectivity index (χ0n) is 10.7. The van der Waals surface area contributed by atoms with Crippen LogP contribution >= 0.6 is 27.5 Å². The lowest BCUT2D eigenvalue weighted by Crippen LogP contribution is -2.41. The van der Waals surface area contributed by atoms with Crippen molar-refractivity contribution < 1.29 is 4.79 Å². The molecule has 1 aromatic carbocycles. The molecule has 1 saturated carbocycles. The molecule has 1 aliphatic carbocycles. The Labute approximate surface area is 127 Å². The van der Waals surface area contributed by atoms with Crippen LogP contribution in [0, 0.1) is 0 Å². The second-order valence-corrected chi connectivity index (χ2v) is 6.29. The molecule has 1 amide bonds. The van der Waals surface area contributed by atoms with Gasteiger partial charge in [0.15, 0.2) is 0 Å². The number of carbonyl (C=O) groups excluding carboxylic acids is 1. The number of carbonyl (C=O) groups is 1. The Morgan fingerprint density at radius 3 is 2.68 bits per heavy atom. The maximum atomic E-state index is 11.7. The number of nitrogens with two attached hydrogens (primary N) is 1. The van der Waals surface area contributed by atoms with Gasteiger partial charge in [-0.1, -0.05) is 46.8 Å². The monoisotopic (exact) mass is 344 g/mol. The minimum atomic E-state index is -0.490. The fourth-order valence-electron chi connectivity index (χ4n) is 2.57. The molecule has 0 aliphatic heterocycles. The predicted octanol–water partition coefficient (Wildman–Crippen LogP) is 3.55. The number of benzene rings is 1. The van der Waals surface area contributed by atoms with E-state index >= 15 is 0 Å². The Morgan fingerprint density at radius 1 is 1.37 bits per heavy atom. The topological polar surface area (TPSA) is 55.1 Å². The van der Waals surface area contributed by atoms with Crippen LogP contribution in [0.25, 0.3) is 0 Å². The van der Waals surface area contributed by atoms with Crippen molar-refractivity contribution in [2.45, 2.75) is 44.2 Å². The van der Waals surface area contributed by atoms with Crippen LogP contribution in [-0.2, 0) is 4.79 Å². The first-order valence-corrected chi connectivity index (χ1v) is 7.75. The number of hydrogen-bond donors (Lipinski definition) is 2. The molecule has 2 rings (SSSR count). The van der Waals surface area contributed by atoms with E-state index in [9.17, 15) is 4.79 Å². The standard InChI is InChI=1S/C14H18BrClN2O/c15-12-7-6-9(16)8-11(12)13(14(17)19)18-10-4-2-1-3-5-10/h6-8,10,13,18H,1-5H2,(H2,17,19). The van der Waals surface area contributed by atoms with Gasteiger partial charge in [-0.25, -0.2) is 0 Å². The summed E-state index contributed by atoms with van der Waals surface area (Å²) in [5.74, 6) is -0.367. The van der Waals surface area contributed by atoms with E-state index in [0.717, 1.165) is 22.9 Å². The number of halogens is 2. The molecule has 3 nitrogen and oxygen atoms in total. The minimum absolute atomic E-state index is 0.358. The van der Waals surface area contributed by atoms with Crippen molar-refractivity contribution in [1.29, 1.82) is 0 Å². The van der Waals surface area contributed by atoms with Crippen LogP contribution in [-0.4, -0.2) is 11.9 Å². The molecule has 0 saturated heterocycles. The van der Waals surface area contributed by atoms with Crippen LogP contribution in [0.15, 0.2) is 22.7 Å². The van der Waals surface area contributed by atoms with E-state index < -0.39 is 6.04 Å². The Morgan fingerprint density at radius 2 is 2.05 bits per heavy atom. The third kappa shape index (κ3) is 3.94. The van der Waals surface area contributed by atoms with Crippen LogP contribution in [0.3, 0.4) is 0 Å². The molecule has 0 aromatic heterocycles. The summed E-state index contributed by atoms with van der Waals surface area (Å²) in [6.45, 7) is 0. The first kappa shape index (κ1) is 14.8. The van der Waals surface area contributed by atoms with Gasteiger partial charge in [-0.15, -0.1) is 0 Å². The van der Waals surface area contributed by atoms with Crippen molar-refractivity contribution in [2.24, 2.45) is 5.73 Å². The Balaban J connectivity index is 2.19.